The van der Waals surface area contributed by atoms with E-state index in [0.717, 1.165) is 4.90 Å². The van der Waals surface area contributed by atoms with Crippen molar-refractivity contribution in [2.24, 2.45) is 11.5 Å². The molecule has 0 aromatic carbocycles. The first-order valence-electron chi connectivity index (χ1n) is 10.5. The van der Waals surface area contributed by atoms with Gasteiger partial charge in [0.15, 0.2) is 12.4 Å². The Morgan fingerprint density at radius 3 is 2.51 bits per heavy atom. The Morgan fingerprint density at radius 2 is 1.95 bits per heavy atom. The number of β-lactam (4-membered cyclic amide) rings is 1. The monoisotopic (exact) mass is 543 g/mol. The van der Waals surface area contributed by atoms with Crippen molar-refractivity contribution in [3.8, 4) is 0 Å². The summed E-state index contributed by atoms with van der Waals surface area (Å²) in [7, 11) is 0. The maximum atomic E-state index is 12.9. The average molecular weight is 543 g/mol. The summed E-state index contributed by atoms with van der Waals surface area (Å²) < 4.78 is 33.3. The number of primary amides is 1. The zero-order valence-corrected chi connectivity index (χ0v) is 19.6. The van der Waals surface area contributed by atoms with Gasteiger partial charge < -0.3 is 31.4 Å². The molecule has 3 aliphatic heterocycles. The summed E-state index contributed by atoms with van der Waals surface area (Å²) >= 11 is 1.36. The quantitative estimate of drug-likeness (QED) is 0.214. The highest BCUT2D eigenvalue weighted by Gasteiger charge is 2.50. The lowest BCUT2D eigenvalue weighted by Crippen LogP contribution is -2.69. The van der Waals surface area contributed by atoms with Crippen molar-refractivity contribution >= 4 is 47.1 Å². The summed E-state index contributed by atoms with van der Waals surface area (Å²) in [6, 6.07) is 2.72. The molecule has 0 aliphatic carbocycles. The molecule has 0 radical (unpaired) electrons. The number of carbonyl (C=O) groups excluding carboxylic acids is 4. The number of anilines is 1. The Morgan fingerprint density at radius 1 is 1.30 bits per heavy atom. The molecule has 0 saturated carbocycles. The van der Waals surface area contributed by atoms with Crippen molar-refractivity contribution in [1.82, 2.24) is 4.90 Å². The standard InChI is InChI=1S/C19H19N5O5S.C2HF3O2/c20-13(25)8-22-4-1-2-12(7-22)23-5-3-10(16(23)26)6-11-9-30-18-14(21)17(27)24(18)15(11)19(28)29;3-2(4,5)1(6)7/h1-2,4,6-7,14,18H,3,5,8-9,21H2,(H2-,20,25,28,29);(H,6,7)/t14-,18-;/m1./s1. The zero-order valence-electron chi connectivity index (χ0n) is 18.8. The highest BCUT2D eigenvalue weighted by Crippen LogP contribution is 2.40. The number of nitrogens with zero attached hydrogens (tertiary/aromatic N) is 3. The lowest BCUT2D eigenvalue weighted by molar-refractivity contribution is -0.683. The van der Waals surface area contributed by atoms with Gasteiger partial charge in [-0.1, -0.05) is 0 Å². The molecule has 1 aromatic heterocycles. The normalized spacial score (nSPS) is 22.3. The van der Waals surface area contributed by atoms with Crippen molar-refractivity contribution in [3.63, 3.8) is 0 Å². The van der Waals surface area contributed by atoms with Crippen LogP contribution in [-0.4, -0.2) is 69.6 Å². The number of fused-ring (bicyclic) bond motifs is 1. The van der Waals surface area contributed by atoms with E-state index in [1.54, 1.807) is 34.0 Å². The van der Waals surface area contributed by atoms with Crippen molar-refractivity contribution in [1.29, 1.82) is 0 Å². The number of pyridine rings is 1. The van der Waals surface area contributed by atoms with Crippen LogP contribution in [-0.2, 0) is 30.5 Å². The first-order valence-corrected chi connectivity index (χ1v) is 11.5. The van der Waals surface area contributed by atoms with Gasteiger partial charge in [-0.05, 0) is 24.1 Å². The Labute approximate surface area is 211 Å². The minimum absolute atomic E-state index is 0.00911. The van der Waals surface area contributed by atoms with Gasteiger partial charge in [0.25, 0.3) is 11.8 Å². The third-order valence-corrected chi connectivity index (χ3v) is 6.76. The number of aromatic nitrogens is 1. The second-order valence-electron chi connectivity index (χ2n) is 7.98. The van der Waals surface area contributed by atoms with Crippen LogP contribution >= 0.6 is 11.8 Å². The topological polar surface area (TPSA) is 191 Å². The van der Waals surface area contributed by atoms with Crippen LogP contribution < -0.4 is 26.0 Å². The number of aliphatic carboxylic acids is 2. The van der Waals surface area contributed by atoms with E-state index in [4.69, 9.17) is 21.4 Å². The van der Waals surface area contributed by atoms with Crippen molar-refractivity contribution in [3.05, 3.63) is 47.4 Å². The molecular weight excluding hydrogens is 523 g/mol. The highest BCUT2D eigenvalue weighted by atomic mass is 32.2. The van der Waals surface area contributed by atoms with E-state index in [0.29, 0.717) is 35.6 Å². The number of allylic oxidation sites excluding steroid dienone is 1. The van der Waals surface area contributed by atoms with E-state index in [-0.39, 0.29) is 18.1 Å². The van der Waals surface area contributed by atoms with Gasteiger partial charge in [-0.2, -0.15) is 17.7 Å². The van der Waals surface area contributed by atoms with Crippen molar-refractivity contribution < 1.29 is 51.9 Å². The second kappa shape index (κ2) is 10.6. The Bertz CT molecular complexity index is 1230. The number of thioether (sulfide) groups is 1. The minimum atomic E-state index is -5.08. The predicted molar refractivity (Wildman–Crippen MR) is 118 cm³/mol. The number of nitrogens with two attached hydrogens (primary N) is 2. The molecule has 12 nitrogen and oxygen atoms in total. The Hall–Kier alpha value is -3.92. The van der Waals surface area contributed by atoms with Crippen molar-refractivity contribution in [2.75, 3.05) is 17.2 Å². The number of hydrogen-bond acceptors (Lipinski definition) is 8. The van der Waals surface area contributed by atoms with E-state index < -0.39 is 41.3 Å². The number of carbonyl (C=O) groups is 5. The lowest BCUT2D eigenvalue weighted by atomic mass is 10.0. The van der Waals surface area contributed by atoms with Crippen molar-refractivity contribution in [2.45, 2.75) is 30.6 Å². The Kier molecular flexibility index (Phi) is 7.92. The van der Waals surface area contributed by atoms with Gasteiger partial charge >= 0.3 is 12.1 Å². The molecule has 2 fully saturated rings. The summed E-state index contributed by atoms with van der Waals surface area (Å²) in [5.41, 5.74) is 12.1. The smallest absolute Gasteiger partial charge is 0.490 e. The number of carboxylic acids is 2. The number of hydrogen-bond donors (Lipinski definition) is 3. The molecule has 0 bridgehead atoms. The fraction of sp³-hybridized carbons (Fsp3) is 0.333. The van der Waals surface area contributed by atoms with E-state index in [9.17, 15) is 37.5 Å². The Balaban J connectivity index is 0.000000479. The molecule has 4 rings (SSSR count). The van der Waals surface area contributed by atoms with Gasteiger partial charge in [0.1, 0.15) is 17.1 Å². The fourth-order valence-corrected chi connectivity index (χ4v) is 5.04. The first kappa shape index (κ1) is 27.7. The van der Waals surface area contributed by atoms with E-state index in [1.807, 2.05) is 0 Å². The van der Waals surface area contributed by atoms with Gasteiger partial charge in [0, 0.05) is 23.9 Å². The lowest BCUT2D eigenvalue weighted by Gasteiger charge is -2.49. The number of halogens is 3. The average Bonchev–Trinajstić information content (AvgIpc) is 3.17. The molecule has 5 N–H and O–H groups in total. The molecule has 1 aromatic rings. The van der Waals surface area contributed by atoms with Gasteiger partial charge in [-0.25, -0.2) is 4.79 Å². The summed E-state index contributed by atoms with van der Waals surface area (Å²) in [6.45, 7) is 0.396. The summed E-state index contributed by atoms with van der Waals surface area (Å²) in [5, 5.41) is 18.4. The zero-order chi connectivity index (χ0) is 27.7. The van der Waals surface area contributed by atoms with E-state index in [2.05, 4.69) is 0 Å². The van der Waals surface area contributed by atoms with Crippen LogP contribution in [0.1, 0.15) is 6.42 Å². The highest BCUT2D eigenvalue weighted by molar-refractivity contribution is 8.00. The maximum Gasteiger partial charge on any atom is 0.490 e. The van der Waals surface area contributed by atoms with Crippen LogP contribution in [0.25, 0.3) is 0 Å². The molecule has 198 valence electrons. The number of carboxylic acid groups (broad SMARTS) is 2. The number of amides is 3. The van der Waals surface area contributed by atoms with E-state index >= 15 is 0 Å². The first-order chi connectivity index (χ1) is 17.2. The van der Waals surface area contributed by atoms with Gasteiger partial charge in [0.05, 0.1) is 11.7 Å². The maximum absolute atomic E-state index is 12.9. The third-order valence-electron chi connectivity index (χ3n) is 5.44. The second-order valence-corrected chi connectivity index (χ2v) is 9.08. The molecule has 3 aliphatic rings. The SMILES string of the molecule is NC(=O)C[n+]1cccc(N2CCC(=CC3=C(C(=O)[O-])N4C(=O)[C@@H](N)[C@H]4SC3)C2=O)c1.O=C(O)C(F)(F)F. The van der Waals surface area contributed by atoms with Crippen LogP contribution in [0.5, 0.6) is 0 Å². The third kappa shape index (κ3) is 5.91. The summed E-state index contributed by atoms with van der Waals surface area (Å²) in [5.74, 6) is -5.15. The molecule has 3 amide bonds. The molecule has 4 heterocycles. The van der Waals surface area contributed by atoms with Crippen LogP contribution in [0.2, 0.25) is 0 Å². The summed E-state index contributed by atoms with van der Waals surface area (Å²) in [4.78, 5) is 59.4. The van der Waals surface area contributed by atoms with Gasteiger partial charge in [0.2, 0.25) is 12.5 Å². The number of rotatable bonds is 5. The minimum Gasteiger partial charge on any atom is -0.543 e. The molecule has 2 atom stereocenters. The van der Waals surface area contributed by atoms with E-state index in [1.165, 1.54) is 17.8 Å². The van der Waals surface area contributed by atoms with Crippen LogP contribution in [0, 0.1) is 0 Å². The van der Waals surface area contributed by atoms with Gasteiger partial charge in [-0.3, -0.25) is 19.3 Å². The molecule has 16 heteroatoms. The molecule has 2 saturated heterocycles. The molecule has 0 unspecified atom stereocenters. The largest absolute Gasteiger partial charge is 0.543 e. The molecular formula is C21H20F3N5O7S. The van der Waals surface area contributed by atoms with Crippen LogP contribution in [0.4, 0.5) is 18.9 Å². The van der Waals surface area contributed by atoms with Gasteiger partial charge in [-0.15, -0.1) is 11.8 Å². The molecule has 37 heavy (non-hydrogen) atoms. The predicted octanol–water partition coefficient (Wildman–Crippen LogP) is -2.00. The fourth-order valence-electron chi connectivity index (χ4n) is 3.79. The van der Waals surface area contributed by atoms with Crippen LogP contribution in [0.15, 0.2) is 47.4 Å². The number of alkyl halides is 3. The molecule has 0 spiro atoms. The summed E-state index contributed by atoms with van der Waals surface area (Å²) in [6.07, 6.45) is 0.189. The van der Waals surface area contributed by atoms with Crippen LogP contribution in [0.3, 0.4) is 0 Å².